The van der Waals surface area contributed by atoms with Crippen LogP contribution in [0.1, 0.15) is 68.7 Å². The first-order valence-electron chi connectivity index (χ1n) is 11.1. The van der Waals surface area contributed by atoms with E-state index in [1.165, 1.54) is 11.1 Å². The average Bonchev–Trinajstić information content (AvgIpc) is 2.73. The fourth-order valence-corrected chi connectivity index (χ4v) is 3.57. The largest absolute Gasteiger partial charge is 0.355 e. The zero-order valence-electron chi connectivity index (χ0n) is 19.1. The van der Waals surface area contributed by atoms with Crippen molar-refractivity contribution in [3.63, 3.8) is 0 Å². The van der Waals surface area contributed by atoms with E-state index in [1.807, 2.05) is 45.0 Å². The highest BCUT2D eigenvalue weighted by molar-refractivity contribution is 5.87. The molecule has 0 saturated heterocycles. The highest BCUT2D eigenvalue weighted by atomic mass is 16.2. The van der Waals surface area contributed by atoms with Crippen molar-refractivity contribution in [3.05, 3.63) is 70.8 Å². The number of likely N-dealkylation sites (N-methyl/N-ethyl adjacent to an activating group) is 1. The highest BCUT2D eigenvalue weighted by Gasteiger charge is 2.28. The van der Waals surface area contributed by atoms with E-state index < -0.39 is 6.04 Å². The molecule has 0 aliphatic carbocycles. The van der Waals surface area contributed by atoms with Crippen LogP contribution < -0.4 is 5.32 Å². The van der Waals surface area contributed by atoms with E-state index in [0.29, 0.717) is 38.3 Å². The smallest absolute Gasteiger partial charge is 0.242 e. The third-order valence-electron chi connectivity index (χ3n) is 5.48. The molecular weight excluding hydrogens is 372 g/mol. The molecule has 0 aromatic heterocycles. The molecule has 1 N–H and O–H groups in total. The monoisotopic (exact) mass is 408 g/mol. The number of amides is 2. The third kappa shape index (κ3) is 6.72. The minimum absolute atomic E-state index is 0.0154. The Morgan fingerprint density at radius 1 is 0.933 bits per heavy atom. The Morgan fingerprint density at radius 3 is 2.07 bits per heavy atom. The van der Waals surface area contributed by atoms with E-state index in [1.54, 1.807) is 4.90 Å². The Morgan fingerprint density at radius 2 is 1.53 bits per heavy atom. The van der Waals surface area contributed by atoms with Crippen LogP contribution in [0, 0.1) is 6.92 Å². The molecule has 0 aliphatic heterocycles. The van der Waals surface area contributed by atoms with Crippen molar-refractivity contribution in [2.45, 2.75) is 72.4 Å². The molecule has 0 spiro atoms. The van der Waals surface area contributed by atoms with Gasteiger partial charge in [0.25, 0.3) is 0 Å². The number of hydrogen-bond donors (Lipinski definition) is 1. The lowest BCUT2D eigenvalue weighted by Gasteiger charge is -2.30. The van der Waals surface area contributed by atoms with E-state index in [4.69, 9.17) is 0 Å². The lowest BCUT2D eigenvalue weighted by atomic mass is 10.00. The normalized spacial score (nSPS) is 11.9. The maximum absolute atomic E-state index is 13.2. The number of nitrogens with one attached hydrogen (secondary N) is 1. The Bertz CT molecular complexity index is 810. The van der Waals surface area contributed by atoms with Crippen molar-refractivity contribution in [1.82, 2.24) is 10.2 Å². The van der Waals surface area contributed by atoms with Crippen LogP contribution >= 0.6 is 0 Å². The molecule has 1 atom stereocenters. The van der Waals surface area contributed by atoms with E-state index in [0.717, 1.165) is 11.1 Å². The summed E-state index contributed by atoms with van der Waals surface area (Å²) in [7, 11) is 0. The minimum Gasteiger partial charge on any atom is -0.355 e. The molecule has 0 heterocycles. The Balaban J connectivity index is 2.15. The number of carbonyl (C=O) groups is 2. The summed E-state index contributed by atoms with van der Waals surface area (Å²) in [5.74, 6) is 0.427. The van der Waals surface area contributed by atoms with Crippen LogP contribution in [0.2, 0.25) is 0 Å². The first-order valence-corrected chi connectivity index (χ1v) is 11.1. The molecule has 4 heteroatoms. The lowest BCUT2D eigenvalue weighted by Crippen LogP contribution is -2.49. The van der Waals surface area contributed by atoms with Crippen molar-refractivity contribution in [1.29, 1.82) is 0 Å². The van der Waals surface area contributed by atoms with Crippen molar-refractivity contribution in [3.8, 4) is 0 Å². The number of benzene rings is 2. The van der Waals surface area contributed by atoms with Gasteiger partial charge in [-0.1, -0.05) is 74.9 Å². The van der Waals surface area contributed by atoms with Gasteiger partial charge in [-0.15, -0.1) is 0 Å². The lowest BCUT2D eigenvalue weighted by molar-refractivity contribution is -0.141. The van der Waals surface area contributed by atoms with E-state index >= 15 is 0 Å². The maximum atomic E-state index is 13.2. The summed E-state index contributed by atoms with van der Waals surface area (Å²) in [6, 6.07) is 16.2. The maximum Gasteiger partial charge on any atom is 0.242 e. The first kappa shape index (κ1) is 23.7. The standard InChI is InChI=1S/C26H36N2O2/c1-6-24(26(30)27-7-2)28(18-22-10-8-20(5)9-11-22)25(29)17-14-21-12-15-23(16-13-21)19(3)4/h8-13,15-16,19,24H,6-7,14,17-18H2,1-5H3,(H,27,30)/t24-/m1/s1. The SMILES string of the molecule is CCNC(=O)[C@@H](CC)N(Cc1ccc(C)cc1)C(=O)CCc1ccc(C(C)C)cc1. The topological polar surface area (TPSA) is 49.4 Å². The van der Waals surface area contributed by atoms with Crippen LogP contribution in [0.25, 0.3) is 0 Å². The molecule has 0 radical (unpaired) electrons. The summed E-state index contributed by atoms with van der Waals surface area (Å²) in [5, 5.41) is 2.88. The molecule has 0 aliphatic rings. The van der Waals surface area contributed by atoms with Crippen LogP contribution in [0.15, 0.2) is 48.5 Å². The second-order valence-electron chi connectivity index (χ2n) is 8.22. The van der Waals surface area contributed by atoms with Gasteiger partial charge in [-0.25, -0.2) is 0 Å². The summed E-state index contributed by atoms with van der Waals surface area (Å²) < 4.78 is 0. The molecular formula is C26H36N2O2. The number of aryl methyl sites for hydroxylation is 2. The quantitative estimate of drug-likeness (QED) is 0.602. The zero-order valence-corrected chi connectivity index (χ0v) is 19.1. The predicted molar refractivity (Wildman–Crippen MR) is 123 cm³/mol. The molecule has 0 unspecified atom stereocenters. The first-order chi connectivity index (χ1) is 14.3. The van der Waals surface area contributed by atoms with Crippen LogP contribution in [0.3, 0.4) is 0 Å². The minimum atomic E-state index is -0.456. The number of carbonyl (C=O) groups excluding carboxylic acids is 2. The second-order valence-corrected chi connectivity index (χ2v) is 8.22. The molecule has 2 aromatic carbocycles. The molecule has 2 aromatic rings. The van der Waals surface area contributed by atoms with Gasteiger partial charge in [0.1, 0.15) is 6.04 Å². The predicted octanol–water partition coefficient (Wildman–Crippen LogP) is 4.99. The summed E-state index contributed by atoms with van der Waals surface area (Å²) in [6.07, 6.45) is 1.66. The van der Waals surface area contributed by atoms with Gasteiger partial charge in [0, 0.05) is 19.5 Å². The summed E-state index contributed by atoms with van der Waals surface area (Å²) in [5.41, 5.74) is 4.66. The van der Waals surface area contributed by atoms with Gasteiger partial charge in [-0.3, -0.25) is 9.59 Å². The van der Waals surface area contributed by atoms with Gasteiger partial charge in [0.15, 0.2) is 0 Å². The van der Waals surface area contributed by atoms with Crippen LogP contribution in [-0.4, -0.2) is 29.3 Å². The molecule has 0 bridgehead atoms. The van der Waals surface area contributed by atoms with Crippen LogP contribution in [-0.2, 0) is 22.6 Å². The number of hydrogen-bond acceptors (Lipinski definition) is 2. The fraction of sp³-hybridized carbons (Fsp3) is 0.462. The van der Waals surface area contributed by atoms with E-state index in [2.05, 4.69) is 43.4 Å². The number of rotatable bonds is 10. The van der Waals surface area contributed by atoms with Crippen molar-refractivity contribution < 1.29 is 9.59 Å². The zero-order chi connectivity index (χ0) is 22.1. The van der Waals surface area contributed by atoms with Gasteiger partial charge in [-0.2, -0.15) is 0 Å². The molecule has 30 heavy (non-hydrogen) atoms. The molecule has 2 rings (SSSR count). The van der Waals surface area contributed by atoms with Gasteiger partial charge >= 0.3 is 0 Å². The van der Waals surface area contributed by atoms with Crippen LogP contribution in [0.4, 0.5) is 0 Å². The molecule has 0 fully saturated rings. The number of nitrogens with zero attached hydrogens (tertiary/aromatic N) is 1. The Hall–Kier alpha value is -2.62. The van der Waals surface area contributed by atoms with Crippen molar-refractivity contribution >= 4 is 11.8 Å². The summed E-state index contributed by atoms with van der Waals surface area (Å²) in [4.78, 5) is 27.6. The third-order valence-corrected chi connectivity index (χ3v) is 5.48. The Kier molecular flexibility index (Phi) is 9.10. The molecule has 2 amide bonds. The fourth-order valence-electron chi connectivity index (χ4n) is 3.57. The molecule has 0 saturated carbocycles. The molecule has 162 valence electrons. The van der Waals surface area contributed by atoms with Crippen molar-refractivity contribution in [2.24, 2.45) is 0 Å². The summed E-state index contributed by atoms with van der Waals surface area (Å²) >= 11 is 0. The van der Waals surface area contributed by atoms with Gasteiger partial charge in [0.2, 0.25) is 11.8 Å². The summed E-state index contributed by atoms with van der Waals surface area (Å²) in [6.45, 7) is 11.3. The van der Waals surface area contributed by atoms with Gasteiger partial charge in [0.05, 0.1) is 0 Å². The van der Waals surface area contributed by atoms with E-state index in [9.17, 15) is 9.59 Å². The van der Waals surface area contributed by atoms with Crippen molar-refractivity contribution in [2.75, 3.05) is 6.54 Å². The van der Waals surface area contributed by atoms with Gasteiger partial charge in [-0.05, 0) is 49.3 Å². The highest BCUT2D eigenvalue weighted by Crippen LogP contribution is 2.18. The second kappa shape index (κ2) is 11.5. The van der Waals surface area contributed by atoms with Crippen LogP contribution in [0.5, 0.6) is 0 Å². The average molecular weight is 409 g/mol. The van der Waals surface area contributed by atoms with E-state index in [-0.39, 0.29) is 11.8 Å². The van der Waals surface area contributed by atoms with Gasteiger partial charge < -0.3 is 10.2 Å². The molecule has 4 nitrogen and oxygen atoms in total. The Labute approximate surface area is 181 Å².